The first-order valence-corrected chi connectivity index (χ1v) is 9.78. The summed E-state index contributed by atoms with van der Waals surface area (Å²) in [6.45, 7) is 9.41. The van der Waals surface area contributed by atoms with E-state index in [4.69, 9.17) is 9.47 Å². The van der Waals surface area contributed by atoms with E-state index in [0.29, 0.717) is 44.6 Å². The van der Waals surface area contributed by atoms with Crippen LogP contribution in [0, 0.1) is 5.82 Å². The predicted molar refractivity (Wildman–Crippen MR) is 103 cm³/mol. The van der Waals surface area contributed by atoms with Gasteiger partial charge >= 0.3 is 6.09 Å². The Labute approximate surface area is 165 Å². The van der Waals surface area contributed by atoms with Crippen molar-refractivity contribution in [3.63, 3.8) is 0 Å². The lowest BCUT2D eigenvalue weighted by molar-refractivity contribution is -0.160. The van der Waals surface area contributed by atoms with Gasteiger partial charge < -0.3 is 19.3 Å². The van der Waals surface area contributed by atoms with E-state index >= 15 is 0 Å². The summed E-state index contributed by atoms with van der Waals surface area (Å²) in [6.07, 6.45) is 0.811. The van der Waals surface area contributed by atoms with Crippen LogP contribution >= 0.6 is 0 Å². The Morgan fingerprint density at radius 2 is 1.89 bits per heavy atom. The van der Waals surface area contributed by atoms with Crippen molar-refractivity contribution in [3.8, 4) is 0 Å². The number of halogens is 1. The molecule has 2 fully saturated rings. The van der Waals surface area contributed by atoms with Gasteiger partial charge in [0.15, 0.2) is 0 Å². The summed E-state index contributed by atoms with van der Waals surface area (Å²) in [5.74, 6) is -0.615. The fourth-order valence-electron chi connectivity index (χ4n) is 3.88. The number of ether oxygens (including phenoxy) is 2. The van der Waals surface area contributed by atoms with Crippen molar-refractivity contribution >= 4 is 12.0 Å². The van der Waals surface area contributed by atoms with E-state index in [9.17, 15) is 14.0 Å². The molecule has 1 aromatic rings. The summed E-state index contributed by atoms with van der Waals surface area (Å²) >= 11 is 0. The largest absolute Gasteiger partial charge is 0.444 e. The SMILES string of the molecule is CC1CN(C(=O)c2cccc(F)c2)CC2(CCN(C(=O)OC(C)(C)C)CC2)O1. The van der Waals surface area contributed by atoms with Crippen molar-refractivity contribution in [2.75, 3.05) is 26.2 Å². The quantitative estimate of drug-likeness (QED) is 0.734. The van der Waals surface area contributed by atoms with Crippen LogP contribution in [0.2, 0.25) is 0 Å². The summed E-state index contributed by atoms with van der Waals surface area (Å²) in [4.78, 5) is 28.6. The standard InChI is InChI=1S/C21H29FN2O4/c1-15-13-24(18(25)16-6-5-7-17(22)12-16)14-21(27-15)8-10-23(11-9-21)19(26)28-20(2,3)4/h5-7,12,15H,8-11,13-14H2,1-4H3. The van der Waals surface area contributed by atoms with Crippen molar-refractivity contribution in [1.29, 1.82) is 0 Å². The van der Waals surface area contributed by atoms with E-state index in [0.717, 1.165) is 0 Å². The number of nitrogens with zero attached hydrogens (tertiary/aromatic N) is 2. The number of piperidine rings is 1. The van der Waals surface area contributed by atoms with Gasteiger partial charge in [0.25, 0.3) is 5.91 Å². The molecule has 0 aliphatic carbocycles. The molecule has 2 aliphatic rings. The minimum absolute atomic E-state index is 0.126. The molecule has 7 heteroatoms. The molecule has 2 aliphatic heterocycles. The fourth-order valence-corrected chi connectivity index (χ4v) is 3.88. The van der Waals surface area contributed by atoms with Crippen LogP contribution in [0.15, 0.2) is 24.3 Å². The molecule has 1 atom stereocenters. The van der Waals surface area contributed by atoms with Gasteiger partial charge in [-0.05, 0) is 58.7 Å². The molecule has 0 aromatic heterocycles. The van der Waals surface area contributed by atoms with Gasteiger partial charge in [0.1, 0.15) is 11.4 Å². The van der Waals surface area contributed by atoms with E-state index in [1.165, 1.54) is 12.1 Å². The Morgan fingerprint density at radius 1 is 1.21 bits per heavy atom. The fraction of sp³-hybridized carbons (Fsp3) is 0.619. The summed E-state index contributed by atoms with van der Waals surface area (Å²) in [6, 6.07) is 5.76. The van der Waals surface area contributed by atoms with Gasteiger partial charge in [-0.1, -0.05) is 6.07 Å². The molecule has 1 spiro atoms. The van der Waals surface area contributed by atoms with Gasteiger partial charge in [-0.15, -0.1) is 0 Å². The molecule has 1 aromatic carbocycles. The lowest BCUT2D eigenvalue weighted by Gasteiger charge is -2.49. The summed E-state index contributed by atoms with van der Waals surface area (Å²) in [5.41, 5.74) is -0.675. The Bertz CT molecular complexity index is 738. The molecular weight excluding hydrogens is 363 g/mol. The van der Waals surface area contributed by atoms with Crippen LogP contribution < -0.4 is 0 Å². The molecule has 0 bridgehead atoms. The molecule has 2 saturated heterocycles. The Morgan fingerprint density at radius 3 is 2.50 bits per heavy atom. The van der Waals surface area contributed by atoms with E-state index in [2.05, 4.69) is 0 Å². The first kappa shape index (κ1) is 20.6. The van der Waals surface area contributed by atoms with Gasteiger partial charge in [0, 0.05) is 25.2 Å². The Hall–Kier alpha value is -2.15. The highest BCUT2D eigenvalue weighted by Gasteiger charge is 2.44. The van der Waals surface area contributed by atoms with Crippen molar-refractivity contribution in [1.82, 2.24) is 9.80 Å². The second kappa shape index (κ2) is 7.70. The van der Waals surface area contributed by atoms with Crippen LogP contribution in [0.25, 0.3) is 0 Å². The number of morpholine rings is 1. The molecule has 0 N–H and O–H groups in total. The lowest BCUT2D eigenvalue weighted by atomic mass is 9.88. The van der Waals surface area contributed by atoms with Gasteiger partial charge in [0.05, 0.1) is 18.2 Å². The van der Waals surface area contributed by atoms with Crippen molar-refractivity contribution in [2.24, 2.45) is 0 Å². The number of rotatable bonds is 1. The third-order valence-corrected chi connectivity index (χ3v) is 5.09. The molecule has 154 valence electrons. The highest BCUT2D eigenvalue weighted by molar-refractivity contribution is 5.94. The normalized spacial score (nSPS) is 22.2. The summed E-state index contributed by atoms with van der Waals surface area (Å²) in [7, 11) is 0. The monoisotopic (exact) mass is 392 g/mol. The number of carbonyl (C=O) groups excluding carboxylic acids is 2. The Balaban J connectivity index is 1.66. The highest BCUT2D eigenvalue weighted by Crippen LogP contribution is 2.33. The van der Waals surface area contributed by atoms with E-state index in [-0.39, 0.29) is 18.1 Å². The minimum atomic E-state index is -0.532. The van der Waals surface area contributed by atoms with Crippen LogP contribution in [0.4, 0.5) is 9.18 Å². The summed E-state index contributed by atoms with van der Waals surface area (Å²) < 4.78 is 25.2. The van der Waals surface area contributed by atoms with Gasteiger partial charge in [-0.3, -0.25) is 4.79 Å². The second-order valence-corrected chi connectivity index (χ2v) is 8.77. The van der Waals surface area contributed by atoms with E-state index in [1.54, 1.807) is 21.9 Å². The minimum Gasteiger partial charge on any atom is -0.444 e. The first-order chi connectivity index (χ1) is 13.1. The van der Waals surface area contributed by atoms with Gasteiger partial charge in [0.2, 0.25) is 0 Å². The van der Waals surface area contributed by atoms with Crippen molar-refractivity contribution in [3.05, 3.63) is 35.6 Å². The number of carbonyl (C=O) groups is 2. The second-order valence-electron chi connectivity index (χ2n) is 8.77. The predicted octanol–water partition coefficient (Wildman–Crippen LogP) is 3.46. The first-order valence-electron chi connectivity index (χ1n) is 9.78. The van der Waals surface area contributed by atoms with Crippen molar-refractivity contribution < 1.29 is 23.5 Å². The van der Waals surface area contributed by atoms with Gasteiger partial charge in [-0.2, -0.15) is 0 Å². The highest BCUT2D eigenvalue weighted by atomic mass is 19.1. The van der Waals surface area contributed by atoms with Crippen LogP contribution in [0.3, 0.4) is 0 Å². The lowest BCUT2D eigenvalue weighted by Crippen LogP contribution is -2.60. The number of benzene rings is 1. The topological polar surface area (TPSA) is 59.1 Å². The number of hydrogen-bond donors (Lipinski definition) is 0. The van der Waals surface area contributed by atoms with Crippen LogP contribution in [0.5, 0.6) is 0 Å². The molecule has 2 heterocycles. The van der Waals surface area contributed by atoms with E-state index < -0.39 is 17.0 Å². The zero-order valence-corrected chi connectivity index (χ0v) is 17.0. The van der Waals surface area contributed by atoms with Crippen LogP contribution in [0.1, 0.15) is 50.9 Å². The molecule has 1 unspecified atom stereocenters. The summed E-state index contributed by atoms with van der Waals surface area (Å²) in [5, 5.41) is 0. The van der Waals surface area contributed by atoms with Crippen LogP contribution in [-0.2, 0) is 9.47 Å². The number of likely N-dealkylation sites (tertiary alicyclic amines) is 1. The molecular formula is C21H29FN2O4. The number of hydrogen-bond acceptors (Lipinski definition) is 4. The molecule has 28 heavy (non-hydrogen) atoms. The maximum Gasteiger partial charge on any atom is 0.410 e. The zero-order chi connectivity index (χ0) is 20.5. The van der Waals surface area contributed by atoms with E-state index in [1.807, 2.05) is 27.7 Å². The zero-order valence-electron chi connectivity index (χ0n) is 17.0. The maximum absolute atomic E-state index is 13.5. The van der Waals surface area contributed by atoms with Crippen LogP contribution in [-0.4, -0.2) is 65.3 Å². The number of amides is 2. The molecule has 0 radical (unpaired) electrons. The third kappa shape index (κ3) is 4.82. The smallest absolute Gasteiger partial charge is 0.410 e. The molecule has 2 amide bonds. The molecule has 0 saturated carbocycles. The molecule has 6 nitrogen and oxygen atoms in total. The van der Waals surface area contributed by atoms with Crippen molar-refractivity contribution in [2.45, 2.75) is 57.8 Å². The van der Waals surface area contributed by atoms with Gasteiger partial charge in [-0.25, -0.2) is 9.18 Å². The maximum atomic E-state index is 13.5. The molecule has 3 rings (SSSR count). The third-order valence-electron chi connectivity index (χ3n) is 5.09. The Kier molecular flexibility index (Phi) is 5.66. The average molecular weight is 392 g/mol. The average Bonchev–Trinajstić information content (AvgIpc) is 2.59.